The number of aryl methyl sites for hydroxylation is 1. The SMILES string of the molecule is CCOC(=O)C1=C(CN2CC(F)(F)[C@H]3[C@@H]2CCN3C[C@@H](F)C(C)(C)C(=O)O)NC(c2nc(C)cs2)=N[C@H]1c1cccc(F)c1Cl. The number of carboxylic acids is 1. The number of carboxylic acid groups (broad SMARTS) is 1. The second-order valence-corrected chi connectivity index (χ2v) is 13.2. The summed E-state index contributed by atoms with van der Waals surface area (Å²) in [4.78, 5) is 37.1. The Morgan fingerprint density at radius 1 is 1.31 bits per heavy atom. The fraction of sp³-hybridized carbons (Fsp3) is 0.533. The van der Waals surface area contributed by atoms with Crippen LogP contribution in [0.3, 0.4) is 0 Å². The Bertz CT molecular complexity index is 1550. The highest BCUT2D eigenvalue weighted by Crippen LogP contribution is 2.44. The minimum atomic E-state index is -3.26. The zero-order chi connectivity index (χ0) is 32.8. The Morgan fingerprint density at radius 3 is 2.69 bits per heavy atom. The molecule has 15 heteroatoms. The third kappa shape index (κ3) is 6.34. The van der Waals surface area contributed by atoms with Crippen LogP contribution in [0.15, 0.2) is 39.8 Å². The van der Waals surface area contributed by atoms with Crippen molar-refractivity contribution in [2.24, 2.45) is 10.4 Å². The van der Waals surface area contributed by atoms with Gasteiger partial charge in [0.25, 0.3) is 5.92 Å². The molecule has 0 aliphatic carbocycles. The topological polar surface area (TPSA) is 107 Å². The van der Waals surface area contributed by atoms with Gasteiger partial charge in [0, 0.05) is 48.0 Å². The van der Waals surface area contributed by atoms with Crippen molar-refractivity contribution in [3.05, 3.63) is 62.0 Å². The predicted molar refractivity (Wildman–Crippen MR) is 161 cm³/mol. The minimum Gasteiger partial charge on any atom is -0.481 e. The number of esters is 1. The lowest BCUT2D eigenvalue weighted by molar-refractivity contribution is -0.151. The minimum absolute atomic E-state index is 0.00460. The number of halogens is 5. The Kier molecular flexibility index (Phi) is 9.33. The van der Waals surface area contributed by atoms with Crippen molar-refractivity contribution in [3.8, 4) is 0 Å². The number of amidine groups is 1. The molecule has 5 rings (SSSR count). The third-order valence-corrected chi connectivity index (χ3v) is 9.96. The average Bonchev–Trinajstić information content (AvgIpc) is 3.66. The average molecular weight is 672 g/mol. The van der Waals surface area contributed by atoms with Crippen molar-refractivity contribution < 1.29 is 37.0 Å². The predicted octanol–water partition coefficient (Wildman–Crippen LogP) is 5.00. The number of hydrogen-bond acceptors (Lipinski definition) is 9. The molecule has 45 heavy (non-hydrogen) atoms. The van der Waals surface area contributed by atoms with Crippen LogP contribution in [0, 0.1) is 18.2 Å². The van der Waals surface area contributed by atoms with Gasteiger partial charge in [0.15, 0.2) is 10.8 Å². The number of hydrogen-bond donors (Lipinski definition) is 2. The molecule has 244 valence electrons. The molecule has 0 bridgehead atoms. The summed E-state index contributed by atoms with van der Waals surface area (Å²) in [6.07, 6.45) is -1.61. The summed E-state index contributed by atoms with van der Waals surface area (Å²) in [5, 5.41) is 14.6. The first-order valence-corrected chi connectivity index (χ1v) is 15.8. The van der Waals surface area contributed by atoms with E-state index in [1.54, 1.807) is 19.2 Å². The molecule has 0 saturated carbocycles. The first kappa shape index (κ1) is 33.3. The second kappa shape index (κ2) is 12.6. The van der Waals surface area contributed by atoms with Gasteiger partial charge >= 0.3 is 11.9 Å². The van der Waals surface area contributed by atoms with Crippen LogP contribution in [-0.2, 0) is 14.3 Å². The number of likely N-dealkylation sites (tertiary alicyclic amines) is 2. The number of fused-ring (bicyclic) bond motifs is 1. The molecule has 2 saturated heterocycles. The summed E-state index contributed by atoms with van der Waals surface area (Å²) in [7, 11) is 0. The van der Waals surface area contributed by atoms with E-state index in [0.717, 1.165) is 0 Å². The highest BCUT2D eigenvalue weighted by atomic mass is 35.5. The fourth-order valence-electron chi connectivity index (χ4n) is 6.10. The van der Waals surface area contributed by atoms with Gasteiger partial charge in [0.2, 0.25) is 0 Å². The summed E-state index contributed by atoms with van der Waals surface area (Å²) in [5.74, 6) is -5.84. The van der Waals surface area contributed by atoms with Gasteiger partial charge in [-0.3, -0.25) is 19.6 Å². The summed E-state index contributed by atoms with van der Waals surface area (Å²) >= 11 is 7.66. The van der Waals surface area contributed by atoms with E-state index < -0.39 is 66.5 Å². The lowest BCUT2D eigenvalue weighted by Crippen LogP contribution is -2.50. The zero-order valence-corrected chi connectivity index (χ0v) is 26.7. The maximum absolute atomic E-state index is 15.7. The van der Waals surface area contributed by atoms with Gasteiger partial charge in [-0.25, -0.2) is 27.3 Å². The van der Waals surface area contributed by atoms with E-state index in [4.69, 9.17) is 21.3 Å². The summed E-state index contributed by atoms with van der Waals surface area (Å²) in [6, 6.07) is 0.929. The molecule has 1 aromatic heterocycles. The van der Waals surface area contributed by atoms with Crippen molar-refractivity contribution >= 4 is 40.7 Å². The Balaban J connectivity index is 1.53. The lowest BCUT2D eigenvalue weighted by atomic mass is 9.87. The van der Waals surface area contributed by atoms with Crippen molar-refractivity contribution in [2.75, 3.05) is 32.8 Å². The highest BCUT2D eigenvalue weighted by Gasteiger charge is 2.60. The molecule has 3 aliphatic heterocycles. The number of nitrogens with one attached hydrogen (secondary N) is 1. The van der Waals surface area contributed by atoms with E-state index in [9.17, 15) is 19.1 Å². The molecule has 4 heterocycles. The molecule has 3 aliphatic rings. The number of thiazole rings is 1. The number of aliphatic imine (C=N–C) groups is 1. The molecule has 9 nitrogen and oxygen atoms in total. The van der Waals surface area contributed by atoms with Gasteiger partial charge in [0.05, 0.1) is 35.2 Å². The molecule has 2 N–H and O–H groups in total. The van der Waals surface area contributed by atoms with E-state index in [2.05, 4.69) is 10.3 Å². The maximum Gasteiger partial charge on any atom is 0.338 e. The molecular formula is C30H34ClF4N5O4S. The number of nitrogens with zero attached hydrogens (tertiary/aromatic N) is 4. The van der Waals surface area contributed by atoms with Gasteiger partial charge < -0.3 is 15.2 Å². The van der Waals surface area contributed by atoms with Crippen molar-refractivity contribution in [3.63, 3.8) is 0 Å². The monoisotopic (exact) mass is 671 g/mol. The Hall–Kier alpha value is -3.07. The Labute approximate surface area is 266 Å². The van der Waals surface area contributed by atoms with Crippen LogP contribution in [0.25, 0.3) is 0 Å². The van der Waals surface area contributed by atoms with Crippen molar-refractivity contribution in [2.45, 2.75) is 64.3 Å². The van der Waals surface area contributed by atoms with Gasteiger partial charge in [-0.1, -0.05) is 23.7 Å². The van der Waals surface area contributed by atoms with E-state index in [0.29, 0.717) is 10.7 Å². The molecular weight excluding hydrogens is 638 g/mol. The summed E-state index contributed by atoms with van der Waals surface area (Å²) in [5.41, 5.74) is -0.631. The van der Waals surface area contributed by atoms with Gasteiger partial charge in [-0.2, -0.15) is 0 Å². The number of carbonyl (C=O) groups is 2. The number of aromatic nitrogens is 1. The van der Waals surface area contributed by atoms with Crippen LogP contribution in [0.5, 0.6) is 0 Å². The number of alkyl halides is 3. The van der Waals surface area contributed by atoms with Gasteiger partial charge in [-0.15, -0.1) is 11.3 Å². The highest BCUT2D eigenvalue weighted by molar-refractivity contribution is 7.11. The van der Waals surface area contributed by atoms with Crippen LogP contribution in [-0.4, -0.2) is 94.6 Å². The van der Waals surface area contributed by atoms with Crippen LogP contribution in [0.1, 0.15) is 49.5 Å². The van der Waals surface area contributed by atoms with Crippen molar-refractivity contribution in [1.29, 1.82) is 0 Å². The van der Waals surface area contributed by atoms with E-state index >= 15 is 13.2 Å². The molecule has 0 radical (unpaired) electrons. The van der Waals surface area contributed by atoms with E-state index in [1.807, 2.05) is 0 Å². The number of benzene rings is 1. The molecule has 1 aromatic carbocycles. The lowest BCUT2D eigenvalue weighted by Gasteiger charge is -2.33. The second-order valence-electron chi connectivity index (χ2n) is 12.0. The molecule has 0 spiro atoms. The van der Waals surface area contributed by atoms with E-state index in [-0.39, 0.29) is 53.8 Å². The van der Waals surface area contributed by atoms with Crippen LogP contribution in [0.4, 0.5) is 17.6 Å². The van der Waals surface area contributed by atoms with Crippen molar-refractivity contribution in [1.82, 2.24) is 20.1 Å². The van der Waals surface area contributed by atoms with Crippen LogP contribution < -0.4 is 5.32 Å². The third-order valence-electron chi connectivity index (χ3n) is 8.59. The molecule has 0 unspecified atom stereocenters. The summed E-state index contributed by atoms with van der Waals surface area (Å²) in [6.45, 7) is 4.72. The van der Waals surface area contributed by atoms with Gasteiger partial charge in [-0.05, 0) is 40.2 Å². The maximum atomic E-state index is 15.7. The molecule has 4 atom stereocenters. The largest absolute Gasteiger partial charge is 0.481 e. The van der Waals surface area contributed by atoms with Crippen LogP contribution >= 0.6 is 22.9 Å². The Morgan fingerprint density at radius 2 is 2.04 bits per heavy atom. The van der Waals surface area contributed by atoms with Crippen LogP contribution in [0.2, 0.25) is 5.02 Å². The molecule has 0 amide bonds. The number of aliphatic carboxylic acids is 1. The smallest absolute Gasteiger partial charge is 0.338 e. The number of ether oxygens (including phenoxy) is 1. The number of rotatable bonds is 10. The molecule has 2 aromatic rings. The number of carbonyl (C=O) groups excluding carboxylic acids is 1. The van der Waals surface area contributed by atoms with E-state index in [1.165, 1.54) is 53.2 Å². The van der Waals surface area contributed by atoms with Gasteiger partial charge in [0.1, 0.15) is 18.0 Å². The first-order chi connectivity index (χ1) is 21.1. The summed E-state index contributed by atoms with van der Waals surface area (Å²) < 4.78 is 66.5. The zero-order valence-electron chi connectivity index (χ0n) is 25.1. The quantitative estimate of drug-likeness (QED) is 0.269. The molecule has 2 fully saturated rings. The standard InChI is InChI=1S/C30H34ClF4N5O4S/c1-5-44-27(41)21-18(37-25(26-36-15(2)13-45-26)38-23(21)16-7-6-8-17(32)22(16)31)11-40-14-30(34,35)24-19(40)9-10-39(24)12-20(33)29(3,4)28(42)43/h6-8,13,19-20,23-24H,5,9-12,14H2,1-4H3,(H,37,38)(H,42,43)/t19-,20+,23-,24+/m0/s1. The first-order valence-electron chi connectivity index (χ1n) is 14.5. The normalized spacial score (nSPS) is 24.3. The fourth-order valence-corrected chi connectivity index (χ4v) is 7.07.